The minimum absolute atomic E-state index is 0.269. The Labute approximate surface area is 101 Å². The molecule has 0 amide bonds. The molecule has 17 heavy (non-hydrogen) atoms. The van der Waals surface area contributed by atoms with Gasteiger partial charge in [0.05, 0.1) is 0 Å². The highest BCUT2D eigenvalue weighted by Gasteiger charge is 2.53. The first-order valence-corrected chi connectivity index (χ1v) is 6.77. The van der Waals surface area contributed by atoms with E-state index in [1.807, 2.05) is 7.05 Å². The number of rotatable bonds is 5. The second-order valence-corrected chi connectivity index (χ2v) is 5.59. The average Bonchev–Trinajstić information content (AvgIpc) is 2.97. The fraction of sp³-hybridized carbons (Fsp3) is 1.00. The van der Waals surface area contributed by atoms with Crippen molar-refractivity contribution in [2.45, 2.75) is 57.2 Å². The van der Waals surface area contributed by atoms with Gasteiger partial charge in [0.1, 0.15) is 0 Å². The Bertz CT molecular complexity index is 240. The third-order valence-corrected chi connectivity index (χ3v) is 4.53. The molecule has 2 rings (SSSR count). The van der Waals surface area contributed by atoms with E-state index in [1.165, 1.54) is 25.7 Å². The number of hydrogen-bond donors (Lipinski definition) is 1. The Balaban J connectivity index is 1.74. The zero-order chi connectivity index (χ0) is 12.5. The van der Waals surface area contributed by atoms with Gasteiger partial charge in [-0.2, -0.15) is 13.2 Å². The lowest BCUT2D eigenvalue weighted by Gasteiger charge is -2.17. The monoisotopic (exact) mass is 249 g/mol. The van der Waals surface area contributed by atoms with Crippen LogP contribution in [0.2, 0.25) is 0 Å². The number of halogens is 3. The van der Waals surface area contributed by atoms with Crippen molar-refractivity contribution in [1.82, 2.24) is 5.32 Å². The van der Waals surface area contributed by atoms with Crippen LogP contribution in [0, 0.1) is 17.8 Å². The minimum Gasteiger partial charge on any atom is -0.317 e. The lowest BCUT2D eigenvalue weighted by Crippen LogP contribution is -2.29. The maximum atomic E-state index is 12.1. The quantitative estimate of drug-likeness (QED) is 0.782. The van der Waals surface area contributed by atoms with Crippen molar-refractivity contribution in [2.75, 3.05) is 7.05 Å². The number of nitrogens with one attached hydrogen (secondary N) is 1. The molecule has 2 saturated carbocycles. The van der Waals surface area contributed by atoms with E-state index < -0.39 is 12.6 Å². The summed E-state index contributed by atoms with van der Waals surface area (Å²) in [6.07, 6.45) is 1.55. The van der Waals surface area contributed by atoms with Gasteiger partial charge in [-0.15, -0.1) is 0 Å². The molecule has 3 unspecified atom stereocenters. The molecule has 3 atom stereocenters. The summed E-state index contributed by atoms with van der Waals surface area (Å²) in [5, 5.41) is 3.24. The smallest absolute Gasteiger partial charge is 0.317 e. The van der Waals surface area contributed by atoms with E-state index in [1.54, 1.807) is 0 Å². The summed E-state index contributed by atoms with van der Waals surface area (Å²) in [6, 6.07) is 0.311. The molecule has 100 valence electrons. The zero-order valence-electron chi connectivity index (χ0n) is 10.4. The Kier molecular flexibility index (Phi) is 4.01. The van der Waals surface area contributed by atoms with Gasteiger partial charge in [-0.05, 0) is 50.5 Å². The summed E-state index contributed by atoms with van der Waals surface area (Å²) in [6.45, 7) is 0. The molecular weight excluding hydrogens is 227 g/mol. The maximum absolute atomic E-state index is 12.1. The zero-order valence-corrected chi connectivity index (χ0v) is 10.4. The summed E-state index contributed by atoms with van der Waals surface area (Å²) in [5.74, 6) is 2.29. The lowest BCUT2D eigenvalue weighted by molar-refractivity contribution is -0.135. The number of alkyl halides is 3. The highest BCUT2D eigenvalue weighted by Crippen LogP contribution is 2.57. The SMILES string of the molecule is CNC(CCCC(F)(F)F)C1C2CCCCC21. The standard InChI is InChI=1S/C13H22F3N/c1-17-11(7-4-8-13(14,15)16)12-9-5-2-3-6-10(9)12/h9-12,17H,2-8H2,1H3. The molecule has 0 radical (unpaired) electrons. The molecule has 0 bridgehead atoms. The van der Waals surface area contributed by atoms with E-state index in [0.717, 1.165) is 11.8 Å². The van der Waals surface area contributed by atoms with Crippen LogP contribution in [0.3, 0.4) is 0 Å². The molecule has 4 heteroatoms. The van der Waals surface area contributed by atoms with Gasteiger partial charge in [-0.3, -0.25) is 0 Å². The first-order chi connectivity index (χ1) is 8.03. The second-order valence-electron chi connectivity index (χ2n) is 5.59. The van der Waals surface area contributed by atoms with Crippen LogP contribution in [-0.2, 0) is 0 Å². The van der Waals surface area contributed by atoms with Gasteiger partial charge in [0.15, 0.2) is 0 Å². The van der Waals surface area contributed by atoms with Crippen LogP contribution in [0.25, 0.3) is 0 Å². The van der Waals surface area contributed by atoms with Crippen LogP contribution in [-0.4, -0.2) is 19.3 Å². The fourth-order valence-electron chi connectivity index (χ4n) is 3.70. The van der Waals surface area contributed by atoms with Gasteiger partial charge in [0.2, 0.25) is 0 Å². The Hall–Kier alpha value is -0.250. The van der Waals surface area contributed by atoms with Gasteiger partial charge in [-0.1, -0.05) is 12.8 Å². The molecule has 1 N–H and O–H groups in total. The van der Waals surface area contributed by atoms with Crippen LogP contribution in [0.1, 0.15) is 44.9 Å². The maximum Gasteiger partial charge on any atom is 0.389 e. The van der Waals surface area contributed by atoms with Crippen molar-refractivity contribution < 1.29 is 13.2 Å². The number of fused-ring (bicyclic) bond motifs is 1. The Morgan fingerprint density at radius 1 is 1.18 bits per heavy atom. The first-order valence-electron chi connectivity index (χ1n) is 6.77. The van der Waals surface area contributed by atoms with Crippen LogP contribution in [0.15, 0.2) is 0 Å². The van der Waals surface area contributed by atoms with Crippen molar-refractivity contribution >= 4 is 0 Å². The molecule has 2 aliphatic carbocycles. The van der Waals surface area contributed by atoms with Gasteiger partial charge in [0, 0.05) is 12.5 Å². The van der Waals surface area contributed by atoms with Gasteiger partial charge < -0.3 is 5.32 Å². The molecule has 0 aromatic rings. The van der Waals surface area contributed by atoms with E-state index in [-0.39, 0.29) is 6.42 Å². The number of hydrogen-bond acceptors (Lipinski definition) is 1. The third kappa shape index (κ3) is 3.36. The first kappa shape index (κ1) is 13.2. The average molecular weight is 249 g/mol. The van der Waals surface area contributed by atoms with Gasteiger partial charge in [0.25, 0.3) is 0 Å². The predicted molar refractivity (Wildman–Crippen MR) is 61.7 cm³/mol. The second kappa shape index (κ2) is 5.17. The molecule has 2 fully saturated rings. The van der Waals surface area contributed by atoms with Crippen LogP contribution < -0.4 is 5.32 Å². The molecule has 0 saturated heterocycles. The van der Waals surface area contributed by atoms with Crippen molar-refractivity contribution in [3.63, 3.8) is 0 Å². The largest absolute Gasteiger partial charge is 0.389 e. The Morgan fingerprint density at radius 3 is 2.24 bits per heavy atom. The summed E-state index contributed by atoms with van der Waals surface area (Å²) < 4.78 is 36.3. The molecule has 0 aromatic heterocycles. The molecule has 0 heterocycles. The molecule has 0 aromatic carbocycles. The summed E-state index contributed by atoms with van der Waals surface area (Å²) in [5.41, 5.74) is 0. The van der Waals surface area contributed by atoms with E-state index in [4.69, 9.17) is 0 Å². The van der Waals surface area contributed by atoms with Crippen LogP contribution >= 0.6 is 0 Å². The topological polar surface area (TPSA) is 12.0 Å². The van der Waals surface area contributed by atoms with E-state index in [0.29, 0.717) is 18.4 Å². The summed E-state index contributed by atoms with van der Waals surface area (Å²) >= 11 is 0. The van der Waals surface area contributed by atoms with Crippen molar-refractivity contribution in [3.05, 3.63) is 0 Å². The van der Waals surface area contributed by atoms with E-state index in [2.05, 4.69) is 5.32 Å². The van der Waals surface area contributed by atoms with Crippen molar-refractivity contribution in [3.8, 4) is 0 Å². The molecule has 0 spiro atoms. The molecule has 0 aliphatic heterocycles. The van der Waals surface area contributed by atoms with E-state index in [9.17, 15) is 13.2 Å². The van der Waals surface area contributed by atoms with E-state index >= 15 is 0 Å². The van der Waals surface area contributed by atoms with Gasteiger partial charge in [-0.25, -0.2) is 0 Å². The van der Waals surface area contributed by atoms with Crippen LogP contribution in [0.4, 0.5) is 13.2 Å². The van der Waals surface area contributed by atoms with Gasteiger partial charge >= 0.3 is 6.18 Å². The molecule has 1 nitrogen and oxygen atoms in total. The van der Waals surface area contributed by atoms with Crippen molar-refractivity contribution in [2.24, 2.45) is 17.8 Å². The molecule has 2 aliphatic rings. The predicted octanol–water partition coefficient (Wildman–Crippen LogP) is 3.74. The fourth-order valence-corrected chi connectivity index (χ4v) is 3.70. The highest BCUT2D eigenvalue weighted by molar-refractivity contribution is 5.04. The third-order valence-electron chi connectivity index (χ3n) is 4.53. The summed E-state index contributed by atoms with van der Waals surface area (Å²) in [4.78, 5) is 0. The minimum atomic E-state index is -3.99. The lowest BCUT2D eigenvalue weighted by atomic mass is 10.0. The van der Waals surface area contributed by atoms with Crippen LogP contribution in [0.5, 0.6) is 0 Å². The Morgan fingerprint density at radius 2 is 1.76 bits per heavy atom. The van der Waals surface area contributed by atoms with Crippen molar-refractivity contribution in [1.29, 1.82) is 0 Å². The normalized spacial score (nSPS) is 34.2. The molecular formula is C13H22F3N. The summed E-state index contributed by atoms with van der Waals surface area (Å²) in [7, 11) is 1.89. The highest BCUT2D eigenvalue weighted by atomic mass is 19.4.